The smallest absolute Gasteiger partial charge is 0.0693 e. The van der Waals surface area contributed by atoms with E-state index in [0.717, 1.165) is 6.42 Å². The molecular formula is C10H19NOS. The van der Waals surface area contributed by atoms with Gasteiger partial charge in [0, 0.05) is 17.8 Å². The van der Waals surface area contributed by atoms with Crippen LogP contribution in [-0.4, -0.2) is 34.8 Å². The van der Waals surface area contributed by atoms with Gasteiger partial charge in [-0.2, -0.15) is 11.8 Å². The summed E-state index contributed by atoms with van der Waals surface area (Å²) >= 11 is 2.03. The van der Waals surface area contributed by atoms with Gasteiger partial charge < -0.3 is 10.4 Å². The van der Waals surface area contributed by atoms with Gasteiger partial charge in [-0.1, -0.05) is 12.8 Å². The first-order chi connectivity index (χ1) is 6.36. The predicted molar refractivity (Wildman–Crippen MR) is 57.1 cm³/mol. The van der Waals surface area contributed by atoms with E-state index in [1.54, 1.807) is 0 Å². The van der Waals surface area contributed by atoms with Crippen LogP contribution in [0.3, 0.4) is 0 Å². The van der Waals surface area contributed by atoms with E-state index in [-0.39, 0.29) is 6.10 Å². The predicted octanol–water partition coefficient (Wildman–Crippen LogP) is 1.39. The van der Waals surface area contributed by atoms with Gasteiger partial charge in [0.2, 0.25) is 0 Å². The lowest BCUT2D eigenvalue weighted by Gasteiger charge is -2.30. The molecule has 3 atom stereocenters. The van der Waals surface area contributed by atoms with Crippen LogP contribution in [0.2, 0.25) is 0 Å². The number of aliphatic hydroxyl groups is 1. The van der Waals surface area contributed by atoms with Gasteiger partial charge in [0.25, 0.3) is 0 Å². The van der Waals surface area contributed by atoms with E-state index in [4.69, 9.17) is 0 Å². The van der Waals surface area contributed by atoms with Gasteiger partial charge in [-0.15, -0.1) is 0 Å². The highest BCUT2D eigenvalue weighted by molar-refractivity contribution is 7.99. The van der Waals surface area contributed by atoms with Gasteiger partial charge >= 0.3 is 0 Å². The summed E-state index contributed by atoms with van der Waals surface area (Å²) < 4.78 is 0. The van der Waals surface area contributed by atoms with Crippen LogP contribution in [-0.2, 0) is 0 Å². The van der Waals surface area contributed by atoms with Crippen molar-refractivity contribution in [2.75, 3.05) is 11.5 Å². The number of hydrogen-bond donors (Lipinski definition) is 2. The van der Waals surface area contributed by atoms with E-state index in [2.05, 4.69) is 5.32 Å². The summed E-state index contributed by atoms with van der Waals surface area (Å²) in [5, 5.41) is 13.4. The maximum absolute atomic E-state index is 9.76. The highest BCUT2D eigenvalue weighted by Crippen LogP contribution is 2.22. The summed E-state index contributed by atoms with van der Waals surface area (Å²) in [6, 6.07) is 1.06. The number of thioether (sulfide) groups is 1. The first-order valence-electron chi connectivity index (χ1n) is 5.38. The quantitative estimate of drug-likeness (QED) is 0.708. The third-order valence-electron chi connectivity index (χ3n) is 3.11. The maximum Gasteiger partial charge on any atom is 0.0693 e. The molecule has 76 valence electrons. The van der Waals surface area contributed by atoms with Crippen molar-refractivity contribution in [1.82, 2.24) is 5.32 Å². The molecule has 1 saturated carbocycles. The molecule has 2 aliphatic rings. The second-order valence-corrected chi connectivity index (χ2v) is 5.34. The van der Waals surface area contributed by atoms with Gasteiger partial charge in [0.05, 0.1) is 6.10 Å². The summed E-state index contributed by atoms with van der Waals surface area (Å²) in [4.78, 5) is 0. The van der Waals surface area contributed by atoms with Crippen LogP contribution in [0.4, 0.5) is 0 Å². The zero-order valence-corrected chi connectivity index (χ0v) is 8.85. The third kappa shape index (κ3) is 2.61. The highest BCUT2D eigenvalue weighted by atomic mass is 32.2. The van der Waals surface area contributed by atoms with Gasteiger partial charge in [-0.3, -0.25) is 0 Å². The summed E-state index contributed by atoms with van der Waals surface area (Å²) in [5.74, 6) is 2.53. The Kier molecular flexibility index (Phi) is 3.52. The Morgan fingerprint density at radius 1 is 1.15 bits per heavy atom. The van der Waals surface area contributed by atoms with E-state index >= 15 is 0 Å². The Morgan fingerprint density at radius 3 is 2.69 bits per heavy atom. The maximum atomic E-state index is 9.76. The Hall–Kier alpha value is 0.270. The normalized spacial score (nSPS) is 40.8. The fourth-order valence-electron chi connectivity index (χ4n) is 2.27. The molecule has 0 bridgehead atoms. The van der Waals surface area contributed by atoms with Crippen molar-refractivity contribution in [1.29, 1.82) is 0 Å². The third-order valence-corrected chi connectivity index (χ3v) is 4.27. The molecule has 0 aromatic heterocycles. The molecule has 0 aromatic rings. The molecule has 3 heteroatoms. The lowest BCUT2D eigenvalue weighted by molar-refractivity contribution is 0.0864. The van der Waals surface area contributed by atoms with E-state index in [9.17, 15) is 5.11 Å². The van der Waals surface area contributed by atoms with E-state index in [0.29, 0.717) is 12.1 Å². The van der Waals surface area contributed by atoms with E-state index < -0.39 is 0 Å². The lowest BCUT2D eigenvalue weighted by atomic mass is 9.92. The Balaban J connectivity index is 1.78. The van der Waals surface area contributed by atoms with E-state index in [1.165, 1.54) is 37.2 Å². The van der Waals surface area contributed by atoms with Crippen molar-refractivity contribution in [3.05, 3.63) is 0 Å². The Morgan fingerprint density at radius 2 is 2.00 bits per heavy atom. The number of rotatable bonds is 2. The zero-order chi connectivity index (χ0) is 9.10. The molecule has 2 fully saturated rings. The summed E-state index contributed by atoms with van der Waals surface area (Å²) in [6.45, 7) is 0. The molecule has 2 nitrogen and oxygen atoms in total. The zero-order valence-electron chi connectivity index (χ0n) is 8.04. The van der Waals surface area contributed by atoms with Crippen LogP contribution in [0, 0.1) is 0 Å². The van der Waals surface area contributed by atoms with Gasteiger partial charge in [0.15, 0.2) is 0 Å². The van der Waals surface area contributed by atoms with Crippen molar-refractivity contribution in [2.45, 2.75) is 50.3 Å². The average molecular weight is 201 g/mol. The molecular weight excluding hydrogens is 182 g/mol. The second-order valence-electron chi connectivity index (χ2n) is 4.19. The minimum Gasteiger partial charge on any atom is -0.392 e. The molecule has 1 saturated heterocycles. The molecule has 0 amide bonds. The van der Waals surface area contributed by atoms with Crippen molar-refractivity contribution in [3.8, 4) is 0 Å². The summed E-state index contributed by atoms with van der Waals surface area (Å²) in [7, 11) is 0. The van der Waals surface area contributed by atoms with Crippen molar-refractivity contribution >= 4 is 11.8 Å². The van der Waals surface area contributed by atoms with E-state index in [1.807, 2.05) is 11.8 Å². The molecule has 0 aromatic carbocycles. The van der Waals surface area contributed by atoms with Gasteiger partial charge in [0.1, 0.15) is 0 Å². The molecule has 2 N–H and O–H groups in total. The number of nitrogens with one attached hydrogen (secondary N) is 1. The van der Waals surface area contributed by atoms with Crippen LogP contribution in [0.25, 0.3) is 0 Å². The molecule has 2 rings (SSSR count). The molecule has 1 aliphatic carbocycles. The van der Waals surface area contributed by atoms with Crippen molar-refractivity contribution < 1.29 is 5.11 Å². The topological polar surface area (TPSA) is 32.3 Å². The standard InChI is InChI=1S/C10H19NOS/c12-10-4-2-1-3-9(10)11-8-5-6-13-7-8/h8-12H,1-7H2/t8?,9-,10-/m1/s1. The van der Waals surface area contributed by atoms with Crippen molar-refractivity contribution in [3.63, 3.8) is 0 Å². The summed E-state index contributed by atoms with van der Waals surface area (Å²) in [6.07, 6.45) is 5.86. The fourth-order valence-corrected chi connectivity index (χ4v) is 3.44. The molecule has 1 unspecified atom stereocenters. The molecule has 0 spiro atoms. The first kappa shape index (κ1) is 9.81. The fraction of sp³-hybridized carbons (Fsp3) is 1.00. The Labute approximate surface area is 84.5 Å². The minimum absolute atomic E-state index is 0.0839. The van der Waals surface area contributed by atoms with Crippen LogP contribution < -0.4 is 5.32 Å². The van der Waals surface area contributed by atoms with Crippen LogP contribution in [0.15, 0.2) is 0 Å². The number of hydrogen-bond acceptors (Lipinski definition) is 3. The minimum atomic E-state index is -0.0839. The lowest BCUT2D eigenvalue weighted by Crippen LogP contribution is -2.47. The molecule has 0 radical (unpaired) electrons. The molecule has 13 heavy (non-hydrogen) atoms. The highest BCUT2D eigenvalue weighted by Gasteiger charge is 2.26. The molecule has 1 heterocycles. The van der Waals surface area contributed by atoms with Crippen LogP contribution >= 0.6 is 11.8 Å². The van der Waals surface area contributed by atoms with Gasteiger partial charge in [-0.25, -0.2) is 0 Å². The monoisotopic (exact) mass is 201 g/mol. The van der Waals surface area contributed by atoms with Crippen LogP contribution in [0.1, 0.15) is 32.1 Å². The SMILES string of the molecule is O[C@@H]1CCCC[C@H]1NC1CCSC1. The Bertz CT molecular complexity index is 159. The largest absolute Gasteiger partial charge is 0.392 e. The van der Waals surface area contributed by atoms with Crippen LogP contribution in [0.5, 0.6) is 0 Å². The number of aliphatic hydroxyl groups excluding tert-OH is 1. The second kappa shape index (κ2) is 4.67. The molecule has 1 aliphatic heterocycles. The van der Waals surface area contributed by atoms with Crippen molar-refractivity contribution in [2.24, 2.45) is 0 Å². The first-order valence-corrected chi connectivity index (χ1v) is 6.53. The van der Waals surface area contributed by atoms with Gasteiger partial charge in [-0.05, 0) is 25.0 Å². The summed E-state index contributed by atoms with van der Waals surface area (Å²) in [5.41, 5.74) is 0. The average Bonchev–Trinajstić information content (AvgIpc) is 2.61.